The molecular formula is C26H23F2N7OS. The Labute approximate surface area is 215 Å². The highest BCUT2D eigenvalue weighted by Crippen LogP contribution is 2.31. The van der Waals surface area contributed by atoms with E-state index in [1.807, 2.05) is 30.3 Å². The molecule has 0 saturated heterocycles. The van der Waals surface area contributed by atoms with Crippen LogP contribution in [0, 0.1) is 11.6 Å². The van der Waals surface area contributed by atoms with Crippen molar-refractivity contribution >= 4 is 39.8 Å². The molecule has 3 aromatic heterocycles. The van der Waals surface area contributed by atoms with Crippen molar-refractivity contribution in [3.05, 3.63) is 88.7 Å². The van der Waals surface area contributed by atoms with E-state index < -0.39 is 17.7 Å². The fourth-order valence-electron chi connectivity index (χ4n) is 3.95. The maximum absolute atomic E-state index is 13.6. The summed E-state index contributed by atoms with van der Waals surface area (Å²) in [6, 6.07) is 13.0. The van der Waals surface area contributed by atoms with Crippen molar-refractivity contribution in [2.24, 2.45) is 7.05 Å². The molecule has 1 atom stereocenters. The number of anilines is 2. The lowest BCUT2D eigenvalue weighted by atomic mass is 10.1. The van der Waals surface area contributed by atoms with Crippen LogP contribution in [0.5, 0.6) is 0 Å². The van der Waals surface area contributed by atoms with Crippen LogP contribution in [0.3, 0.4) is 0 Å². The number of fused-ring (bicyclic) bond motifs is 1. The van der Waals surface area contributed by atoms with Gasteiger partial charge in [-0.1, -0.05) is 12.1 Å². The van der Waals surface area contributed by atoms with Gasteiger partial charge in [-0.3, -0.25) is 9.48 Å². The molecule has 0 aliphatic carbocycles. The third-order valence-electron chi connectivity index (χ3n) is 5.91. The number of aromatic nitrogens is 4. The Bertz CT molecular complexity index is 1610. The molecule has 0 bridgehead atoms. The summed E-state index contributed by atoms with van der Waals surface area (Å²) in [6.07, 6.45) is 3.05. The highest BCUT2D eigenvalue weighted by atomic mass is 32.1. The lowest BCUT2D eigenvalue weighted by Gasteiger charge is -2.14. The summed E-state index contributed by atoms with van der Waals surface area (Å²) in [5.74, 6) is -1.42. The molecule has 5 aromatic rings. The number of nitrogens with one attached hydrogen (secondary N) is 2. The standard InChI is InChI=1S/C26H23F2N7OS/c1-14(15-3-6-20(27)21(28)10-15)33-26(36)19-12-35(2)34-25(19)30-11-17-5-8-23(37-17)16-4-7-22-18(9-16)24(29)32-13-31-22/h3-10,12-14H,11H2,1-2H3,(H,30,34)(H,33,36)(H2,29,31,32)/t14-/m0/s1. The summed E-state index contributed by atoms with van der Waals surface area (Å²) in [5.41, 5.74) is 8.60. The number of hydrogen-bond donors (Lipinski definition) is 3. The summed E-state index contributed by atoms with van der Waals surface area (Å²) in [7, 11) is 1.72. The number of nitrogens with two attached hydrogens (primary N) is 1. The molecule has 5 rings (SSSR count). The topological polar surface area (TPSA) is 111 Å². The Kier molecular flexibility index (Phi) is 6.53. The Morgan fingerprint density at radius 1 is 1.11 bits per heavy atom. The minimum atomic E-state index is -0.960. The second-order valence-corrected chi connectivity index (χ2v) is 9.71. The van der Waals surface area contributed by atoms with Gasteiger partial charge in [0.2, 0.25) is 0 Å². The number of thiophene rings is 1. The van der Waals surface area contributed by atoms with E-state index in [9.17, 15) is 13.6 Å². The quantitative estimate of drug-likeness (QED) is 0.277. The van der Waals surface area contributed by atoms with Crippen LogP contribution in [0.2, 0.25) is 0 Å². The molecular weight excluding hydrogens is 496 g/mol. The zero-order valence-electron chi connectivity index (χ0n) is 20.0. The van der Waals surface area contributed by atoms with Crippen LogP contribution in [0.1, 0.15) is 33.8 Å². The van der Waals surface area contributed by atoms with Gasteiger partial charge in [0, 0.05) is 28.4 Å². The normalized spacial score (nSPS) is 12.0. The van der Waals surface area contributed by atoms with Crippen molar-refractivity contribution in [2.45, 2.75) is 19.5 Å². The van der Waals surface area contributed by atoms with Crippen LogP contribution in [0.25, 0.3) is 21.3 Å². The number of halogens is 2. The SMILES string of the molecule is C[C@H](NC(=O)c1cn(C)nc1NCc1ccc(-c2ccc3ncnc(N)c3c2)s1)c1ccc(F)c(F)c1. The summed E-state index contributed by atoms with van der Waals surface area (Å²) in [6.45, 7) is 2.16. The van der Waals surface area contributed by atoms with Crippen LogP contribution in [0.4, 0.5) is 20.4 Å². The smallest absolute Gasteiger partial charge is 0.257 e. The van der Waals surface area contributed by atoms with Crippen molar-refractivity contribution < 1.29 is 13.6 Å². The lowest BCUT2D eigenvalue weighted by molar-refractivity contribution is 0.0940. The predicted octanol–water partition coefficient (Wildman–Crippen LogP) is 5.06. The Balaban J connectivity index is 1.28. The van der Waals surface area contributed by atoms with Gasteiger partial charge in [-0.15, -0.1) is 11.3 Å². The van der Waals surface area contributed by atoms with E-state index in [2.05, 4.69) is 25.7 Å². The predicted molar refractivity (Wildman–Crippen MR) is 140 cm³/mol. The first-order valence-electron chi connectivity index (χ1n) is 11.4. The van der Waals surface area contributed by atoms with Gasteiger partial charge >= 0.3 is 0 Å². The molecule has 37 heavy (non-hydrogen) atoms. The van der Waals surface area contributed by atoms with Gasteiger partial charge in [-0.05, 0) is 54.4 Å². The van der Waals surface area contributed by atoms with Crippen LogP contribution >= 0.6 is 11.3 Å². The second-order valence-electron chi connectivity index (χ2n) is 8.54. The van der Waals surface area contributed by atoms with Gasteiger partial charge in [0.15, 0.2) is 17.5 Å². The maximum Gasteiger partial charge on any atom is 0.257 e. The summed E-state index contributed by atoms with van der Waals surface area (Å²) in [5, 5.41) is 11.2. The molecule has 0 aliphatic heterocycles. The molecule has 0 saturated carbocycles. The van der Waals surface area contributed by atoms with E-state index in [0.29, 0.717) is 29.3 Å². The van der Waals surface area contributed by atoms with Crippen molar-refractivity contribution in [1.82, 2.24) is 25.1 Å². The van der Waals surface area contributed by atoms with Crippen LogP contribution < -0.4 is 16.4 Å². The van der Waals surface area contributed by atoms with Gasteiger partial charge < -0.3 is 16.4 Å². The number of nitrogens with zero attached hydrogens (tertiary/aromatic N) is 4. The van der Waals surface area contributed by atoms with Crippen LogP contribution in [-0.2, 0) is 13.6 Å². The number of carbonyl (C=O) groups is 1. The van der Waals surface area contributed by atoms with Gasteiger partial charge in [0.25, 0.3) is 5.91 Å². The molecule has 1 amide bonds. The summed E-state index contributed by atoms with van der Waals surface area (Å²) in [4.78, 5) is 23.4. The molecule has 11 heteroatoms. The fraction of sp³-hybridized carbons (Fsp3) is 0.154. The highest BCUT2D eigenvalue weighted by Gasteiger charge is 2.19. The summed E-state index contributed by atoms with van der Waals surface area (Å²) >= 11 is 1.61. The first kappa shape index (κ1) is 24.3. The number of benzene rings is 2. The summed E-state index contributed by atoms with van der Waals surface area (Å²) < 4.78 is 28.4. The van der Waals surface area contributed by atoms with E-state index in [4.69, 9.17) is 5.73 Å². The molecule has 3 heterocycles. The van der Waals surface area contributed by atoms with Crippen molar-refractivity contribution in [1.29, 1.82) is 0 Å². The minimum Gasteiger partial charge on any atom is -0.383 e. The second kappa shape index (κ2) is 9.94. The first-order valence-corrected chi connectivity index (χ1v) is 12.2. The zero-order chi connectivity index (χ0) is 26.1. The number of aryl methyl sites for hydroxylation is 1. The third-order valence-corrected chi connectivity index (χ3v) is 7.04. The Hall–Kier alpha value is -4.38. The maximum atomic E-state index is 13.6. The van der Waals surface area contributed by atoms with Gasteiger partial charge in [-0.25, -0.2) is 18.7 Å². The van der Waals surface area contributed by atoms with Gasteiger partial charge in [0.05, 0.1) is 18.1 Å². The van der Waals surface area contributed by atoms with Gasteiger partial charge in [-0.2, -0.15) is 5.10 Å². The zero-order valence-corrected chi connectivity index (χ0v) is 20.8. The highest BCUT2D eigenvalue weighted by molar-refractivity contribution is 7.15. The number of nitrogen functional groups attached to an aromatic ring is 1. The monoisotopic (exact) mass is 519 g/mol. The molecule has 0 unspecified atom stereocenters. The minimum absolute atomic E-state index is 0.346. The average molecular weight is 520 g/mol. The van der Waals surface area contributed by atoms with Crippen molar-refractivity contribution in [2.75, 3.05) is 11.1 Å². The molecule has 2 aromatic carbocycles. The van der Waals surface area contributed by atoms with Crippen LogP contribution in [-0.4, -0.2) is 25.7 Å². The molecule has 0 fully saturated rings. The van der Waals surface area contributed by atoms with E-state index in [0.717, 1.165) is 38.4 Å². The van der Waals surface area contributed by atoms with Crippen molar-refractivity contribution in [3.63, 3.8) is 0 Å². The largest absolute Gasteiger partial charge is 0.383 e. The first-order chi connectivity index (χ1) is 17.8. The van der Waals surface area contributed by atoms with E-state index in [1.165, 1.54) is 12.4 Å². The lowest BCUT2D eigenvalue weighted by Crippen LogP contribution is -2.27. The molecule has 8 nitrogen and oxygen atoms in total. The number of rotatable bonds is 7. The van der Waals surface area contributed by atoms with E-state index in [1.54, 1.807) is 36.2 Å². The molecule has 0 aliphatic rings. The molecule has 0 radical (unpaired) electrons. The van der Waals surface area contributed by atoms with E-state index in [-0.39, 0.29) is 5.91 Å². The molecule has 4 N–H and O–H groups in total. The van der Waals surface area contributed by atoms with Gasteiger partial charge in [0.1, 0.15) is 17.7 Å². The van der Waals surface area contributed by atoms with Crippen molar-refractivity contribution in [3.8, 4) is 10.4 Å². The molecule has 0 spiro atoms. The average Bonchev–Trinajstić information content (AvgIpc) is 3.51. The number of hydrogen-bond acceptors (Lipinski definition) is 7. The fourth-order valence-corrected chi connectivity index (χ4v) is 4.90. The third kappa shape index (κ3) is 5.12. The number of carbonyl (C=O) groups excluding carboxylic acids is 1. The molecule has 188 valence electrons. The Morgan fingerprint density at radius 2 is 1.95 bits per heavy atom. The van der Waals surface area contributed by atoms with E-state index >= 15 is 0 Å². The number of amides is 1. The Morgan fingerprint density at radius 3 is 2.76 bits per heavy atom. The van der Waals surface area contributed by atoms with Crippen LogP contribution in [0.15, 0.2) is 61.1 Å².